The predicted octanol–water partition coefficient (Wildman–Crippen LogP) is 7.36. The lowest BCUT2D eigenvalue weighted by atomic mass is 9.91. The van der Waals surface area contributed by atoms with E-state index in [0.717, 1.165) is 36.8 Å². The predicted molar refractivity (Wildman–Crippen MR) is 162 cm³/mol. The van der Waals surface area contributed by atoms with Crippen LogP contribution in [0.15, 0.2) is 77.1 Å². The Morgan fingerprint density at radius 2 is 1.68 bits per heavy atom. The van der Waals surface area contributed by atoms with Gasteiger partial charge in [0, 0.05) is 23.8 Å². The Bertz CT molecular complexity index is 1410. The van der Waals surface area contributed by atoms with Gasteiger partial charge in [0.2, 0.25) is 0 Å². The smallest absolute Gasteiger partial charge is 0.272 e. The highest BCUT2D eigenvalue weighted by Crippen LogP contribution is 2.43. The molecular weight excluding hydrogens is 611 g/mol. The van der Waals surface area contributed by atoms with Crippen LogP contribution >= 0.6 is 57.9 Å². The molecule has 4 unspecified atom stereocenters. The maximum absolute atomic E-state index is 11.9. The van der Waals surface area contributed by atoms with E-state index in [2.05, 4.69) is 18.3 Å². The molecule has 2 heterocycles. The van der Waals surface area contributed by atoms with Gasteiger partial charge in [0.1, 0.15) is 0 Å². The van der Waals surface area contributed by atoms with E-state index in [9.17, 15) is 9.90 Å². The molecule has 210 valence electrons. The summed E-state index contributed by atoms with van der Waals surface area (Å²) in [7, 11) is 0. The fourth-order valence-electron chi connectivity index (χ4n) is 4.45. The lowest BCUT2D eigenvalue weighted by Crippen LogP contribution is -2.38. The van der Waals surface area contributed by atoms with Gasteiger partial charge in [-0.3, -0.25) is 4.79 Å². The molecule has 11 heteroatoms. The molecule has 6 nitrogen and oxygen atoms in total. The van der Waals surface area contributed by atoms with Gasteiger partial charge in [-0.15, -0.1) is 11.3 Å². The summed E-state index contributed by atoms with van der Waals surface area (Å²) in [4.78, 5) is 16.6. The van der Waals surface area contributed by atoms with Crippen molar-refractivity contribution < 1.29 is 19.4 Å². The summed E-state index contributed by atoms with van der Waals surface area (Å²) in [5, 5.41) is 12.1. The van der Waals surface area contributed by atoms with Crippen molar-refractivity contribution in [3.05, 3.63) is 95.1 Å². The highest BCUT2D eigenvalue weighted by atomic mass is 35.6. The van der Waals surface area contributed by atoms with E-state index in [4.69, 9.17) is 49.3 Å². The Morgan fingerprint density at radius 3 is 2.35 bits per heavy atom. The quantitative estimate of drug-likeness (QED) is 0.155. The van der Waals surface area contributed by atoms with Crippen LogP contribution < -0.4 is 5.32 Å². The molecule has 1 saturated heterocycles. The number of fused-ring (bicyclic) bond motifs is 1. The molecule has 3 aromatic carbocycles. The number of carbonyl (C=O) groups is 1. The minimum Gasteiger partial charge on any atom is -0.392 e. The number of aliphatic hydroxyl groups excluding tert-OH is 1. The van der Waals surface area contributed by atoms with Crippen LogP contribution in [0.5, 0.6) is 0 Å². The summed E-state index contributed by atoms with van der Waals surface area (Å²) in [5.74, 6) is 0.0975. The number of aromatic nitrogens is 1. The van der Waals surface area contributed by atoms with Crippen molar-refractivity contribution in [1.82, 2.24) is 10.3 Å². The number of benzene rings is 3. The first-order valence-electron chi connectivity index (χ1n) is 12.6. The number of nitrogens with zero attached hydrogens (tertiary/aromatic N) is 1. The van der Waals surface area contributed by atoms with E-state index < -0.39 is 16.0 Å². The zero-order valence-corrected chi connectivity index (χ0v) is 25.3. The average Bonchev–Trinajstić information content (AvgIpc) is 3.38. The van der Waals surface area contributed by atoms with E-state index in [0.29, 0.717) is 5.75 Å². The number of thioether (sulfide) groups is 1. The van der Waals surface area contributed by atoms with Crippen LogP contribution in [0.3, 0.4) is 0 Å². The Hall–Kier alpha value is -1.88. The van der Waals surface area contributed by atoms with Crippen LogP contribution in [-0.2, 0) is 27.4 Å². The number of carbonyl (C=O) groups excluding carboxylic acids is 1. The maximum Gasteiger partial charge on any atom is 0.272 e. The van der Waals surface area contributed by atoms with Crippen molar-refractivity contribution in [2.24, 2.45) is 5.92 Å². The maximum atomic E-state index is 11.9. The van der Waals surface area contributed by atoms with Crippen LogP contribution in [0.4, 0.5) is 0 Å². The molecule has 1 aromatic heterocycles. The number of nitrogens with one attached hydrogen (secondary N) is 1. The summed E-state index contributed by atoms with van der Waals surface area (Å²) in [6.07, 6.45) is -0.915. The highest BCUT2D eigenvalue weighted by Gasteiger charge is 2.38. The van der Waals surface area contributed by atoms with E-state index >= 15 is 0 Å². The molecule has 5 rings (SSSR count). The van der Waals surface area contributed by atoms with Crippen LogP contribution in [0.1, 0.15) is 41.6 Å². The first-order valence-corrected chi connectivity index (χ1v) is 15.6. The molecule has 1 amide bonds. The normalized spacial score (nSPS) is 21.4. The molecule has 4 aromatic rings. The number of halogens is 3. The second-order valence-corrected chi connectivity index (χ2v) is 14.1. The lowest BCUT2D eigenvalue weighted by Gasteiger charge is -2.41. The molecule has 2 N–H and O–H groups in total. The van der Waals surface area contributed by atoms with Crippen molar-refractivity contribution in [3.8, 4) is 0 Å². The van der Waals surface area contributed by atoms with E-state index in [-0.39, 0.29) is 31.3 Å². The molecule has 4 atom stereocenters. The Kier molecular flexibility index (Phi) is 9.60. The van der Waals surface area contributed by atoms with Crippen LogP contribution in [0, 0.1) is 5.92 Å². The monoisotopic (exact) mass is 636 g/mol. The summed E-state index contributed by atoms with van der Waals surface area (Å²) < 4.78 is 13.2. The Morgan fingerprint density at radius 1 is 1.00 bits per heavy atom. The molecule has 40 heavy (non-hydrogen) atoms. The SMILES string of the molecule is CC1C(CSc2nc3ccccc3s2)OC(c2ccc(CNC(=O)C(Cl)(Cl)Cl)cc2)OC1c1ccc(CO)cc1. The fourth-order valence-corrected chi connectivity index (χ4v) is 6.91. The Labute approximate surface area is 255 Å². The number of hydrogen-bond donors (Lipinski definition) is 2. The van der Waals surface area contributed by atoms with Crippen LogP contribution in [0.25, 0.3) is 10.2 Å². The van der Waals surface area contributed by atoms with Gasteiger partial charge >= 0.3 is 0 Å². The van der Waals surface area contributed by atoms with Gasteiger partial charge < -0.3 is 19.9 Å². The number of alkyl halides is 3. The second-order valence-electron chi connectivity index (χ2n) is 9.50. The number of aliphatic hydroxyl groups is 1. The van der Waals surface area contributed by atoms with Gasteiger partial charge in [-0.25, -0.2) is 4.98 Å². The van der Waals surface area contributed by atoms with Crippen LogP contribution in [-0.4, -0.2) is 31.6 Å². The number of hydrogen-bond acceptors (Lipinski definition) is 7. The van der Waals surface area contributed by atoms with Gasteiger partial charge in [0.05, 0.1) is 29.0 Å². The summed E-state index contributed by atoms with van der Waals surface area (Å²) in [6.45, 7) is 2.35. The first kappa shape index (κ1) is 29.6. The third kappa shape index (κ3) is 7.12. The zero-order chi connectivity index (χ0) is 28.3. The van der Waals surface area contributed by atoms with Crippen molar-refractivity contribution in [2.75, 3.05) is 5.75 Å². The lowest BCUT2D eigenvalue weighted by molar-refractivity contribution is -0.268. The first-order chi connectivity index (χ1) is 19.2. The highest BCUT2D eigenvalue weighted by molar-refractivity contribution is 8.01. The minimum absolute atomic E-state index is 0.0109. The van der Waals surface area contributed by atoms with Gasteiger partial charge in [-0.1, -0.05) is 114 Å². The van der Waals surface area contributed by atoms with Crippen molar-refractivity contribution in [1.29, 1.82) is 0 Å². The molecule has 1 aliphatic heterocycles. The Balaban J connectivity index is 1.33. The van der Waals surface area contributed by atoms with Gasteiger partial charge in [0.25, 0.3) is 9.70 Å². The van der Waals surface area contributed by atoms with Gasteiger partial charge in [-0.2, -0.15) is 0 Å². The van der Waals surface area contributed by atoms with Crippen molar-refractivity contribution >= 4 is 74.0 Å². The third-order valence-corrected chi connectivity index (χ3v) is 9.51. The molecule has 0 bridgehead atoms. The van der Waals surface area contributed by atoms with Crippen molar-refractivity contribution in [2.45, 2.75) is 46.7 Å². The number of para-hydroxylation sites is 1. The molecule has 1 aliphatic rings. The number of rotatable bonds is 8. The minimum atomic E-state index is -2.01. The number of ether oxygens (including phenoxy) is 2. The van der Waals surface area contributed by atoms with Gasteiger partial charge in [0.15, 0.2) is 10.6 Å². The molecular formula is C29H27Cl3N2O4S2. The van der Waals surface area contributed by atoms with Crippen LogP contribution in [0.2, 0.25) is 0 Å². The molecule has 0 spiro atoms. The fraction of sp³-hybridized carbons (Fsp3) is 0.310. The van der Waals surface area contributed by atoms with E-state index in [1.807, 2.05) is 66.7 Å². The zero-order valence-electron chi connectivity index (χ0n) is 21.4. The number of amides is 1. The van der Waals surface area contributed by atoms with E-state index in [1.54, 1.807) is 23.1 Å². The topological polar surface area (TPSA) is 80.7 Å². The molecule has 1 fully saturated rings. The summed E-state index contributed by atoms with van der Waals surface area (Å²) >= 11 is 20.3. The summed E-state index contributed by atoms with van der Waals surface area (Å²) in [6, 6.07) is 23.6. The average molecular weight is 638 g/mol. The standard InChI is InChI=1S/C29H27Cl3N2O4S2/c1-17-23(16-39-28-34-22-4-2-3-5-24(22)40-28)37-26(38-25(17)20-10-8-19(15-35)9-11-20)21-12-6-18(7-13-21)14-33-27(36)29(30,31)32/h2-13,17,23,25-26,35H,14-16H2,1H3,(H,33,36). The van der Waals surface area contributed by atoms with E-state index in [1.165, 1.54) is 0 Å². The third-order valence-electron chi connectivity index (χ3n) is 6.73. The largest absolute Gasteiger partial charge is 0.392 e. The molecule has 0 aliphatic carbocycles. The molecule has 0 radical (unpaired) electrons. The van der Waals surface area contributed by atoms with Gasteiger partial charge in [-0.05, 0) is 28.8 Å². The molecule has 0 saturated carbocycles. The second kappa shape index (κ2) is 13.0. The summed E-state index contributed by atoms with van der Waals surface area (Å²) in [5.41, 5.74) is 4.57. The van der Waals surface area contributed by atoms with Crippen molar-refractivity contribution in [3.63, 3.8) is 0 Å². The number of thiazole rings is 1.